The van der Waals surface area contributed by atoms with Crippen LogP contribution in [0.25, 0.3) is 28.7 Å². The molecule has 138 valence electrons. The molecule has 0 spiro atoms. The van der Waals surface area contributed by atoms with Crippen molar-refractivity contribution in [3.8, 4) is 11.4 Å². The number of benzene rings is 3. The van der Waals surface area contributed by atoms with Gasteiger partial charge in [-0.2, -0.15) is 0 Å². The summed E-state index contributed by atoms with van der Waals surface area (Å²) in [5.74, 6) is 1.23. The molecule has 0 radical (unpaired) electrons. The maximum Gasteiger partial charge on any atom is 0.266 e. The average molecular weight is 433 g/mol. The van der Waals surface area contributed by atoms with Crippen LogP contribution in [0, 0.1) is 0 Å². The summed E-state index contributed by atoms with van der Waals surface area (Å²) in [5, 5.41) is 0.574. The smallest absolute Gasteiger partial charge is 0.266 e. The van der Waals surface area contributed by atoms with Crippen molar-refractivity contribution >= 4 is 39.0 Å². The molecule has 3 aromatic carbocycles. The summed E-state index contributed by atoms with van der Waals surface area (Å²) in [5.41, 5.74) is 2.26. The Bertz CT molecular complexity index is 1240. The number of fused-ring (bicyclic) bond motifs is 1. The van der Waals surface area contributed by atoms with Gasteiger partial charge in [0.2, 0.25) is 0 Å². The van der Waals surface area contributed by atoms with Crippen molar-refractivity contribution in [2.45, 2.75) is 0 Å². The van der Waals surface area contributed by atoms with Crippen molar-refractivity contribution in [3.05, 3.63) is 99.0 Å². The van der Waals surface area contributed by atoms with Crippen molar-refractivity contribution in [1.82, 2.24) is 9.55 Å². The van der Waals surface area contributed by atoms with Crippen LogP contribution in [-0.4, -0.2) is 16.7 Å². The standard InChI is InChI=1S/C23H17BrN2O2/c1-28-19-9-5-8-18(15-19)26-22(13-12-16-6-4-7-17(24)14-16)25-21-11-3-2-10-20(21)23(26)27/h2-15H,1H3/b13-12+. The third kappa shape index (κ3) is 3.62. The molecule has 28 heavy (non-hydrogen) atoms. The lowest BCUT2D eigenvalue weighted by atomic mass is 10.2. The Morgan fingerprint density at radius 1 is 0.964 bits per heavy atom. The minimum Gasteiger partial charge on any atom is -0.497 e. The first-order valence-electron chi connectivity index (χ1n) is 8.75. The Labute approximate surface area is 170 Å². The molecule has 5 heteroatoms. The fourth-order valence-electron chi connectivity index (χ4n) is 3.04. The number of rotatable bonds is 4. The van der Waals surface area contributed by atoms with Gasteiger partial charge < -0.3 is 4.74 Å². The first kappa shape index (κ1) is 18.2. The monoisotopic (exact) mass is 432 g/mol. The van der Waals surface area contributed by atoms with Gasteiger partial charge in [0, 0.05) is 10.5 Å². The summed E-state index contributed by atoms with van der Waals surface area (Å²) in [4.78, 5) is 18.0. The molecule has 0 bridgehead atoms. The predicted octanol–water partition coefficient (Wildman–Crippen LogP) is 5.33. The Morgan fingerprint density at radius 2 is 1.79 bits per heavy atom. The number of methoxy groups -OCH3 is 1. The van der Waals surface area contributed by atoms with Crippen LogP contribution in [0.3, 0.4) is 0 Å². The lowest BCUT2D eigenvalue weighted by molar-refractivity contribution is 0.414. The van der Waals surface area contributed by atoms with E-state index in [-0.39, 0.29) is 5.56 Å². The number of hydrogen-bond donors (Lipinski definition) is 0. The zero-order valence-corrected chi connectivity index (χ0v) is 16.8. The number of para-hydroxylation sites is 1. The van der Waals surface area contributed by atoms with E-state index < -0.39 is 0 Å². The number of nitrogens with zero attached hydrogens (tertiary/aromatic N) is 2. The lowest BCUT2D eigenvalue weighted by Gasteiger charge is -2.12. The average Bonchev–Trinajstić information content (AvgIpc) is 2.72. The van der Waals surface area contributed by atoms with Crippen LogP contribution < -0.4 is 10.3 Å². The minimum atomic E-state index is -0.118. The van der Waals surface area contributed by atoms with Gasteiger partial charge in [-0.3, -0.25) is 9.36 Å². The van der Waals surface area contributed by atoms with E-state index in [0.29, 0.717) is 28.2 Å². The molecule has 1 aromatic heterocycles. The number of hydrogen-bond acceptors (Lipinski definition) is 3. The molecule has 0 saturated heterocycles. The summed E-state index contributed by atoms with van der Waals surface area (Å²) in [6, 6.07) is 22.7. The third-order valence-electron chi connectivity index (χ3n) is 4.39. The molecular weight excluding hydrogens is 416 g/mol. The van der Waals surface area contributed by atoms with Gasteiger partial charge in [0.25, 0.3) is 5.56 Å². The predicted molar refractivity (Wildman–Crippen MR) is 117 cm³/mol. The van der Waals surface area contributed by atoms with E-state index in [1.165, 1.54) is 0 Å². The second kappa shape index (κ2) is 7.82. The number of ether oxygens (including phenoxy) is 1. The first-order chi connectivity index (χ1) is 13.7. The summed E-state index contributed by atoms with van der Waals surface area (Å²) in [6.45, 7) is 0. The molecule has 0 amide bonds. The topological polar surface area (TPSA) is 44.1 Å². The van der Waals surface area contributed by atoms with Gasteiger partial charge in [0.05, 0.1) is 23.7 Å². The normalized spacial score (nSPS) is 11.2. The van der Waals surface area contributed by atoms with Crippen molar-refractivity contribution in [1.29, 1.82) is 0 Å². The highest BCUT2D eigenvalue weighted by Crippen LogP contribution is 2.20. The largest absolute Gasteiger partial charge is 0.497 e. The maximum absolute atomic E-state index is 13.3. The van der Waals surface area contributed by atoms with Crippen LogP contribution in [0.2, 0.25) is 0 Å². The van der Waals surface area contributed by atoms with Crippen LogP contribution in [0.4, 0.5) is 0 Å². The summed E-state index contributed by atoms with van der Waals surface area (Å²) in [6.07, 6.45) is 3.80. The van der Waals surface area contributed by atoms with Crippen molar-refractivity contribution < 1.29 is 4.74 Å². The SMILES string of the molecule is COc1cccc(-n2c(/C=C/c3cccc(Br)c3)nc3ccccc3c2=O)c1. The van der Waals surface area contributed by atoms with Gasteiger partial charge in [-0.05, 0) is 48.0 Å². The van der Waals surface area contributed by atoms with E-state index in [1.54, 1.807) is 17.7 Å². The van der Waals surface area contributed by atoms with Crippen molar-refractivity contribution in [2.75, 3.05) is 7.11 Å². The summed E-state index contributed by atoms with van der Waals surface area (Å²) < 4.78 is 7.93. The third-order valence-corrected chi connectivity index (χ3v) is 4.88. The fraction of sp³-hybridized carbons (Fsp3) is 0.0435. The van der Waals surface area contributed by atoms with Crippen LogP contribution >= 0.6 is 15.9 Å². The molecule has 4 nitrogen and oxygen atoms in total. The molecule has 0 unspecified atom stereocenters. The van der Waals surface area contributed by atoms with Crippen LogP contribution in [-0.2, 0) is 0 Å². The van der Waals surface area contributed by atoms with Gasteiger partial charge in [-0.25, -0.2) is 4.98 Å². The highest BCUT2D eigenvalue weighted by Gasteiger charge is 2.11. The summed E-state index contributed by atoms with van der Waals surface area (Å²) >= 11 is 3.48. The van der Waals surface area contributed by atoms with E-state index >= 15 is 0 Å². The molecule has 4 aromatic rings. The van der Waals surface area contributed by atoms with Gasteiger partial charge in [0.15, 0.2) is 0 Å². The highest BCUT2D eigenvalue weighted by atomic mass is 79.9. The minimum absolute atomic E-state index is 0.118. The van der Waals surface area contributed by atoms with E-state index in [0.717, 1.165) is 10.0 Å². The number of aromatic nitrogens is 2. The zero-order chi connectivity index (χ0) is 19.5. The van der Waals surface area contributed by atoms with Gasteiger partial charge in [0.1, 0.15) is 11.6 Å². The quantitative estimate of drug-likeness (QED) is 0.437. The molecule has 0 saturated carbocycles. The molecule has 4 rings (SSSR count). The Kier molecular flexibility index (Phi) is 5.08. The highest BCUT2D eigenvalue weighted by molar-refractivity contribution is 9.10. The van der Waals surface area contributed by atoms with Crippen LogP contribution in [0.5, 0.6) is 5.75 Å². The van der Waals surface area contributed by atoms with E-state index in [2.05, 4.69) is 15.9 Å². The molecule has 0 N–H and O–H groups in total. The second-order valence-electron chi connectivity index (χ2n) is 6.22. The lowest BCUT2D eigenvalue weighted by Crippen LogP contribution is -2.22. The molecule has 0 atom stereocenters. The van der Waals surface area contributed by atoms with Crippen molar-refractivity contribution in [2.24, 2.45) is 0 Å². The molecule has 0 aliphatic rings. The Balaban J connectivity index is 1.94. The van der Waals surface area contributed by atoms with Gasteiger partial charge >= 0.3 is 0 Å². The Hall–Kier alpha value is -3.18. The Morgan fingerprint density at radius 3 is 2.61 bits per heavy atom. The second-order valence-corrected chi connectivity index (χ2v) is 7.13. The molecule has 0 fully saturated rings. The molecule has 0 aliphatic carbocycles. The molecule has 1 heterocycles. The van der Waals surface area contributed by atoms with Gasteiger partial charge in [-0.1, -0.05) is 52.3 Å². The van der Waals surface area contributed by atoms with E-state index in [9.17, 15) is 4.79 Å². The van der Waals surface area contributed by atoms with Crippen LogP contribution in [0.15, 0.2) is 82.1 Å². The molecule has 0 aliphatic heterocycles. The maximum atomic E-state index is 13.3. The van der Waals surface area contributed by atoms with Gasteiger partial charge in [-0.15, -0.1) is 0 Å². The first-order valence-corrected chi connectivity index (χ1v) is 9.55. The van der Waals surface area contributed by atoms with Crippen molar-refractivity contribution in [3.63, 3.8) is 0 Å². The zero-order valence-electron chi connectivity index (χ0n) is 15.2. The molecular formula is C23H17BrN2O2. The number of halogens is 1. The summed E-state index contributed by atoms with van der Waals surface area (Å²) in [7, 11) is 1.61. The van der Waals surface area contributed by atoms with Crippen LogP contribution in [0.1, 0.15) is 11.4 Å². The fourth-order valence-corrected chi connectivity index (χ4v) is 3.46. The van der Waals surface area contributed by atoms with E-state index in [1.807, 2.05) is 78.9 Å². The van der Waals surface area contributed by atoms with E-state index in [4.69, 9.17) is 9.72 Å².